The minimum atomic E-state index is -4.93. The number of hydrogen-bond donors (Lipinski definition) is 4. The first-order valence-electron chi connectivity index (χ1n) is 35.2. The molecule has 5 unspecified atom stereocenters. The first-order valence-corrected chi connectivity index (χ1v) is 38.2. The van der Waals surface area contributed by atoms with Gasteiger partial charge in [-0.05, 0) is 128 Å². The second kappa shape index (κ2) is 66.2. The Bertz CT molecular complexity index is 2100. The molecule has 0 saturated heterocycles. The number of phosphoric acid groups is 2. The van der Waals surface area contributed by atoms with Crippen LogP contribution in [-0.2, 0) is 55.8 Å². The predicted octanol–water partition coefficient (Wildman–Crippen LogP) is 19.6. The molecule has 5 atom stereocenters. The maximum absolute atomic E-state index is 12.9. The summed E-state index contributed by atoms with van der Waals surface area (Å²) in [6.45, 7) is 2.47. The standard InChI is InChI=1S/C73H126O16P2/c1-4-7-10-13-16-19-22-25-27-29-31-32-33-34-36-38-39-42-44-47-50-53-56-59-71(76)83-62-68(74)63-85-90(79,80)86-64-69(75)65-87-91(81,82)88-67-70(89-73(78)61-58-55-52-49-46-41-24-21-18-15-12-9-6-3)66-84-72(77)60-57-54-51-48-45-43-40-37-35-30-28-26-23-20-17-14-11-8-5-2/h8,11,16-17,19-21,24-28,31-32,34-37,68-70,74-75H,4-7,9-10,12-15,18,22-23,29-30,33,38-67H2,1-3H3,(H,79,80)(H,81,82)/b11-8-,19-16-,20-17-,24-21-,27-25-,28-26-,32-31-,36-34-,37-35-. The molecule has 524 valence electrons. The van der Waals surface area contributed by atoms with Gasteiger partial charge in [-0.1, -0.05) is 239 Å². The molecule has 16 nitrogen and oxygen atoms in total. The highest BCUT2D eigenvalue weighted by molar-refractivity contribution is 7.47. The van der Waals surface area contributed by atoms with E-state index in [1.165, 1.54) is 51.4 Å². The summed E-state index contributed by atoms with van der Waals surface area (Å²) in [5.74, 6) is -1.61. The van der Waals surface area contributed by atoms with Gasteiger partial charge in [-0.3, -0.25) is 32.5 Å². The number of esters is 3. The van der Waals surface area contributed by atoms with Crippen LogP contribution >= 0.6 is 15.6 Å². The summed E-state index contributed by atoms with van der Waals surface area (Å²) >= 11 is 0. The van der Waals surface area contributed by atoms with Gasteiger partial charge in [0, 0.05) is 19.3 Å². The molecule has 0 fully saturated rings. The first-order chi connectivity index (χ1) is 44.2. The summed E-state index contributed by atoms with van der Waals surface area (Å²) < 4.78 is 60.9. The summed E-state index contributed by atoms with van der Waals surface area (Å²) in [6.07, 6.45) is 74.2. The largest absolute Gasteiger partial charge is 0.472 e. The molecule has 18 heteroatoms. The smallest absolute Gasteiger partial charge is 0.463 e. The molecule has 0 amide bonds. The SMILES string of the molecule is CC/C=C\C/C=C\C/C=C\C/C=C\CCCCCCCCC(=O)OCC(COP(=O)(O)OCC(O)COP(=O)(O)OCC(O)COC(=O)CCCCCCCCC/C=C\C/C=C\C/C=C\C/C=C\CCCCC)OC(=O)CCCCCCC/C=C\CCCCCC. The van der Waals surface area contributed by atoms with Gasteiger partial charge < -0.3 is 34.2 Å². The van der Waals surface area contributed by atoms with Gasteiger partial charge in [0.25, 0.3) is 0 Å². The average molecular weight is 1320 g/mol. The fourth-order valence-electron chi connectivity index (χ4n) is 9.07. The summed E-state index contributed by atoms with van der Waals surface area (Å²) in [6, 6.07) is 0. The lowest BCUT2D eigenvalue weighted by atomic mass is 10.1. The van der Waals surface area contributed by atoms with E-state index in [4.69, 9.17) is 32.3 Å². The van der Waals surface area contributed by atoms with Crippen molar-refractivity contribution >= 4 is 33.6 Å². The molecule has 0 saturated carbocycles. The third-order valence-electron chi connectivity index (χ3n) is 14.5. The quantitative estimate of drug-likeness (QED) is 0.0146. The van der Waals surface area contributed by atoms with Gasteiger partial charge in [-0.15, -0.1) is 0 Å². The van der Waals surface area contributed by atoms with Crippen molar-refractivity contribution in [3.63, 3.8) is 0 Å². The fraction of sp³-hybridized carbons (Fsp3) is 0.712. The van der Waals surface area contributed by atoms with Gasteiger partial charge in [-0.2, -0.15) is 0 Å². The monoisotopic (exact) mass is 1320 g/mol. The van der Waals surface area contributed by atoms with Gasteiger partial charge in [0.1, 0.15) is 25.4 Å². The van der Waals surface area contributed by atoms with Crippen LogP contribution in [0.2, 0.25) is 0 Å². The number of carbonyl (C=O) groups excluding carboxylic acids is 3. The van der Waals surface area contributed by atoms with E-state index in [0.717, 1.165) is 167 Å². The highest BCUT2D eigenvalue weighted by Gasteiger charge is 2.29. The topological polar surface area (TPSA) is 231 Å². The van der Waals surface area contributed by atoms with E-state index in [-0.39, 0.29) is 19.3 Å². The number of unbranched alkanes of at least 4 members (excludes halogenated alkanes) is 25. The van der Waals surface area contributed by atoms with Crippen LogP contribution in [0.1, 0.15) is 278 Å². The number of allylic oxidation sites excluding steroid dienone is 18. The van der Waals surface area contributed by atoms with Crippen LogP contribution in [0.5, 0.6) is 0 Å². The van der Waals surface area contributed by atoms with Gasteiger partial charge in [0.05, 0.1) is 26.4 Å². The summed E-state index contributed by atoms with van der Waals surface area (Å²) in [7, 11) is -9.79. The maximum Gasteiger partial charge on any atom is 0.472 e. The summed E-state index contributed by atoms with van der Waals surface area (Å²) in [4.78, 5) is 58.4. The highest BCUT2D eigenvalue weighted by atomic mass is 31.2. The minimum absolute atomic E-state index is 0.0893. The third-order valence-corrected chi connectivity index (χ3v) is 16.4. The number of ether oxygens (including phenoxy) is 3. The van der Waals surface area contributed by atoms with Gasteiger partial charge in [0.2, 0.25) is 0 Å². The Kier molecular flexibility index (Phi) is 63.5. The molecule has 4 N–H and O–H groups in total. The van der Waals surface area contributed by atoms with Crippen LogP contribution in [0.15, 0.2) is 109 Å². The Balaban J connectivity index is 4.62. The number of aliphatic hydroxyl groups excluding tert-OH is 2. The Morgan fingerprint density at radius 3 is 0.956 bits per heavy atom. The van der Waals surface area contributed by atoms with Crippen molar-refractivity contribution in [1.82, 2.24) is 0 Å². The molecule has 91 heavy (non-hydrogen) atoms. The normalized spacial score (nSPS) is 14.8. The molecule has 0 rings (SSSR count). The van der Waals surface area contributed by atoms with Crippen molar-refractivity contribution in [1.29, 1.82) is 0 Å². The van der Waals surface area contributed by atoms with E-state index in [9.17, 15) is 43.5 Å². The van der Waals surface area contributed by atoms with Gasteiger partial charge in [0.15, 0.2) is 6.10 Å². The molecule has 0 heterocycles. The molecule has 0 bridgehead atoms. The number of rotatable bonds is 66. The Morgan fingerprint density at radius 1 is 0.319 bits per heavy atom. The average Bonchev–Trinajstić information content (AvgIpc) is 3.74. The Labute approximate surface area is 551 Å². The number of carbonyl (C=O) groups is 3. The zero-order valence-electron chi connectivity index (χ0n) is 56.7. The van der Waals surface area contributed by atoms with Crippen LogP contribution in [0.4, 0.5) is 0 Å². The first kappa shape index (κ1) is 87.2. The van der Waals surface area contributed by atoms with Crippen molar-refractivity contribution in [2.75, 3.05) is 39.6 Å². The molecule has 0 aromatic carbocycles. The Morgan fingerprint density at radius 2 is 0.582 bits per heavy atom. The highest BCUT2D eigenvalue weighted by Crippen LogP contribution is 2.45. The minimum Gasteiger partial charge on any atom is -0.463 e. The molecule has 0 radical (unpaired) electrons. The lowest BCUT2D eigenvalue weighted by Crippen LogP contribution is -2.30. The molecule has 0 aromatic rings. The van der Waals surface area contributed by atoms with Crippen LogP contribution in [0.3, 0.4) is 0 Å². The molecule has 0 aromatic heterocycles. The lowest BCUT2D eigenvalue weighted by Gasteiger charge is -2.21. The Hall–Kier alpha value is -3.79. The van der Waals surface area contributed by atoms with Gasteiger partial charge in [-0.25, -0.2) is 9.13 Å². The van der Waals surface area contributed by atoms with E-state index in [0.29, 0.717) is 19.3 Å². The number of phosphoric ester groups is 2. The van der Waals surface area contributed by atoms with Crippen LogP contribution in [0, 0.1) is 0 Å². The van der Waals surface area contributed by atoms with Crippen molar-refractivity contribution in [2.24, 2.45) is 0 Å². The van der Waals surface area contributed by atoms with Crippen molar-refractivity contribution in [3.8, 4) is 0 Å². The van der Waals surface area contributed by atoms with E-state index >= 15 is 0 Å². The fourth-order valence-corrected chi connectivity index (χ4v) is 10.7. The molecular weight excluding hydrogens is 1190 g/mol. The van der Waals surface area contributed by atoms with Gasteiger partial charge >= 0.3 is 33.6 Å². The van der Waals surface area contributed by atoms with E-state index in [2.05, 4.69) is 130 Å². The number of hydrogen-bond acceptors (Lipinski definition) is 14. The lowest BCUT2D eigenvalue weighted by molar-refractivity contribution is -0.161. The molecule has 0 aliphatic carbocycles. The number of aliphatic hydroxyl groups is 2. The van der Waals surface area contributed by atoms with Crippen molar-refractivity contribution < 1.29 is 75.8 Å². The second-order valence-electron chi connectivity index (χ2n) is 23.3. The predicted molar refractivity (Wildman–Crippen MR) is 371 cm³/mol. The zero-order chi connectivity index (χ0) is 66.7. The van der Waals surface area contributed by atoms with E-state index in [1.807, 2.05) is 0 Å². The maximum atomic E-state index is 12.9. The van der Waals surface area contributed by atoms with Crippen LogP contribution < -0.4 is 0 Å². The van der Waals surface area contributed by atoms with Crippen molar-refractivity contribution in [2.45, 2.75) is 296 Å². The van der Waals surface area contributed by atoms with Crippen LogP contribution in [-0.4, -0.2) is 95.9 Å². The molecule has 0 aliphatic rings. The molecular formula is C73H126O16P2. The van der Waals surface area contributed by atoms with E-state index < -0.39 is 91.5 Å². The molecule has 0 spiro atoms. The van der Waals surface area contributed by atoms with Crippen LogP contribution in [0.25, 0.3) is 0 Å². The molecule has 0 aliphatic heterocycles. The summed E-state index contributed by atoms with van der Waals surface area (Å²) in [5.41, 5.74) is 0. The summed E-state index contributed by atoms with van der Waals surface area (Å²) in [5, 5.41) is 20.6. The second-order valence-corrected chi connectivity index (χ2v) is 26.2. The third kappa shape index (κ3) is 67.4. The van der Waals surface area contributed by atoms with Crippen molar-refractivity contribution in [3.05, 3.63) is 109 Å². The zero-order valence-corrected chi connectivity index (χ0v) is 58.5. The van der Waals surface area contributed by atoms with E-state index in [1.54, 1.807) is 0 Å².